The summed E-state index contributed by atoms with van der Waals surface area (Å²) < 4.78 is 27.5. The summed E-state index contributed by atoms with van der Waals surface area (Å²) in [6, 6.07) is 6.83. The third-order valence-electron chi connectivity index (χ3n) is 5.82. The molecule has 1 aliphatic rings. The van der Waals surface area contributed by atoms with Gasteiger partial charge in [-0.05, 0) is 37.5 Å². The minimum atomic E-state index is -0.565. The largest absolute Gasteiger partial charge is 0.497 e. The molecule has 0 bridgehead atoms. The number of benzene rings is 1. The van der Waals surface area contributed by atoms with Crippen molar-refractivity contribution in [1.82, 2.24) is 19.9 Å². The highest BCUT2D eigenvalue weighted by Crippen LogP contribution is 2.32. The number of ether oxygens (including phenoxy) is 2. The Hall–Kier alpha value is -3.94. The maximum atomic E-state index is 15.1. The first-order valence-corrected chi connectivity index (χ1v) is 11.0. The summed E-state index contributed by atoms with van der Waals surface area (Å²) in [4.78, 5) is 14.1. The van der Waals surface area contributed by atoms with Crippen molar-refractivity contribution in [1.29, 1.82) is 0 Å². The Morgan fingerprint density at radius 3 is 2.79 bits per heavy atom. The molecule has 1 aliphatic heterocycles. The molecule has 1 fully saturated rings. The fourth-order valence-corrected chi connectivity index (χ4v) is 4.01. The van der Waals surface area contributed by atoms with Crippen LogP contribution in [-0.2, 0) is 6.54 Å². The van der Waals surface area contributed by atoms with Crippen LogP contribution in [0, 0.1) is 5.82 Å². The highest BCUT2D eigenvalue weighted by Gasteiger charge is 2.20. The molecular formula is C26H28FN5O2. The van der Waals surface area contributed by atoms with Gasteiger partial charge in [0.2, 0.25) is 0 Å². The van der Waals surface area contributed by atoms with Crippen molar-refractivity contribution in [3.63, 3.8) is 0 Å². The summed E-state index contributed by atoms with van der Waals surface area (Å²) in [7, 11) is 2.92. The summed E-state index contributed by atoms with van der Waals surface area (Å²) >= 11 is 0. The van der Waals surface area contributed by atoms with Gasteiger partial charge in [0, 0.05) is 30.4 Å². The molecule has 0 radical (unpaired) electrons. The third kappa shape index (κ3) is 4.57. The Labute approximate surface area is 198 Å². The fraction of sp³-hybridized carbons (Fsp3) is 0.269. The molecule has 0 aliphatic carbocycles. The monoisotopic (exact) mass is 461 g/mol. The summed E-state index contributed by atoms with van der Waals surface area (Å²) in [5.74, 6) is -0.0566. The highest BCUT2D eigenvalue weighted by atomic mass is 19.1. The molecule has 4 rings (SSSR count). The Balaban J connectivity index is 1.96. The smallest absolute Gasteiger partial charge is 0.190 e. The molecule has 1 N–H and O–H groups in total. The van der Waals surface area contributed by atoms with E-state index in [1.54, 1.807) is 18.3 Å². The average molecular weight is 462 g/mol. The minimum Gasteiger partial charge on any atom is -0.497 e. The second-order valence-electron chi connectivity index (χ2n) is 7.97. The topological polar surface area (TPSA) is 73.6 Å². The maximum Gasteiger partial charge on any atom is 0.190 e. The zero-order valence-electron chi connectivity index (χ0n) is 19.6. The molecule has 1 atom stereocenters. The summed E-state index contributed by atoms with van der Waals surface area (Å²) in [5, 5.41) is 3.42. The quantitative estimate of drug-likeness (QED) is 0.518. The molecule has 0 spiro atoms. The van der Waals surface area contributed by atoms with E-state index in [1.807, 2.05) is 29.7 Å². The minimum absolute atomic E-state index is 0.0602. The molecule has 3 aromatic rings. The van der Waals surface area contributed by atoms with Gasteiger partial charge in [-0.15, -0.1) is 0 Å². The molecule has 1 unspecified atom stereocenters. The molecule has 8 heteroatoms. The summed E-state index contributed by atoms with van der Waals surface area (Å²) in [6.45, 7) is 10.4. The van der Waals surface area contributed by atoms with Crippen LogP contribution in [0.1, 0.15) is 25.5 Å². The molecule has 3 heterocycles. The van der Waals surface area contributed by atoms with Gasteiger partial charge in [0.25, 0.3) is 0 Å². The molecule has 34 heavy (non-hydrogen) atoms. The van der Waals surface area contributed by atoms with Gasteiger partial charge in [-0.2, -0.15) is 0 Å². The van der Waals surface area contributed by atoms with Gasteiger partial charge in [0.15, 0.2) is 17.2 Å². The molecule has 1 saturated heterocycles. The van der Waals surface area contributed by atoms with Crippen molar-refractivity contribution in [2.45, 2.75) is 32.4 Å². The second-order valence-corrected chi connectivity index (χ2v) is 7.97. The Bertz CT molecular complexity index is 1360. The van der Waals surface area contributed by atoms with Crippen LogP contribution >= 0.6 is 0 Å². The van der Waals surface area contributed by atoms with E-state index in [-0.39, 0.29) is 17.5 Å². The van der Waals surface area contributed by atoms with Gasteiger partial charge < -0.3 is 19.4 Å². The summed E-state index contributed by atoms with van der Waals surface area (Å²) in [5.41, 5.74) is 4.58. The number of methoxy groups -OCH3 is 2. The van der Waals surface area contributed by atoms with Crippen LogP contribution in [0.3, 0.4) is 0 Å². The first kappa shape index (κ1) is 23.2. The van der Waals surface area contributed by atoms with Gasteiger partial charge in [0.05, 0.1) is 26.1 Å². The fourth-order valence-electron chi connectivity index (χ4n) is 4.01. The predicted molar refractivity (Wildman–Crippen MR) is 131 cm³/mol. The van der Waals surface area contributed by atoms with Crippen molar-refractivity contribution in [2.75, 3.05) is 14.2 Å². The lowest BCUT2D eigenvalue weighted by Gasteiger charge is -2.17. The van der Waals surface area contributed by atoms with Gasteiger partial charge in [-0.25, -0.2) is 14.4 Å². The van der Waals surface area contributed by atoms with Crippen LogP contribution < -0.4 is 20.3 Å². The molecule has 7 nitrogen and oxygen atoms in total. The molecule has 0 saturated carbocycles. The first-order valence-electron chi connectivity index (χ1n) is 11.0. The molecular weight excluding hydrogens is 433 g/mol. The van der Waals surface area contributed by atoms with E-state index in [0.29, 0.717) is 34.6 Å². The Morgan fingerprint density at radius 2 is 2.15 bits per heavy atom. The maximum absolute atomic E-state index is 15.1. The van der Waals surface area contributed by atoms with Crippen LogP contribution in [0.4, 0.5) is 10.1 Å². The number of nitrogens with one attached hydrogen (secondary N) is 1. The molecule has 2 aromatic heterocycles. The van der Waals surface area contributed by atoms with E-state index >= 15 is 4.39 Å². The SMILES string of the molecule is C=C/C(=C\C)c1cnc2ccc(=Nc3cc(OC)cc(OC)c3F)n(CC3CCC(=C)N3)c2n1. The number of rotatable bonds is 7. The van der Waals surface area contributed by atoms with Gasteiger partial charge >= 0.3 is 0 Å². The standard InChI is InChI=1S/C26H28FN5O2/c1-6-17(7-2)22-14-28-20-10-11-24(30-21-12-19(33-4)13-23(34-5)25(21)27)32(26(20)31-22)15-18-9-8-16(3)29-18/h6-7,10-14,18,29H,1,3,8-9,15H2,2,4-5H3/b17-7+,30-24?. The van der Waals surface area contributed by atoms with E-state index < -0.39 is 5.82 Å². The van der Waals surface area contributed by atoms with Crippen molar-refractivity contribution in [3.8, 4) is 11.5 Å². The highest BCUT2D eigenvalue weighted by molar-refractivity contribution is 5.76. The first-order chi connectivity index (χ1) is 16.5. The van der Waals surface area contributed by atoms with Crippen LogP contribution in [0.25, 0.3) is 16.7 Å². The lowest BCUT2D eigenvalue weighted by Crippen LogP contribution is -2.32. The third-order valence-corrected chi connectivity index (χ3v) is 5.82. The Kier molecular flexibility index (Phi) is 6.77. The van der Waals surface area contributed by atoms with E-state index in [0.717, 1.165) is 24.1 Å². The lowest BCUT2D eigenvalue weighted by atomic mass is 10.2. The van der Waals surface area contributed by atoms with E-state index in [9.17, 15) is 0 Å². The van der Waals surface area contributed by atoms with E-state index in [1.165, 1.54) is 20.3 Å². The molecule has 1 aromatic carbocycles. The number of nitrogens with zero attached hydrogens (tertiary/aromatic N) is 4. The van der Waals surface area contributed by atoms with Crippen molar-refractivity contribution >= 4 is 22.4 Å². The van der Waals surface area contributed by atoms with Crippen molar-refractivity contribution in [3.05, 3.63) is 78.5 Å². The van der Waals surface area contributed by atoms with E-state index in [4.69, 9.17) is 14.5 Å². The average Bonchev–Trinajstić information content (AvgIpc) is 3.27. The number of allylic oxidation sites excluding steroid dienone is 4. The number of hydrogen-bond donors (Lipinski definition) is 1. The van der Waals surface area contributed by atoms with Crippen LogP contribution in [0.5, 0.6) is 11.5 Å². The number of aromatic nitrogens is 3. The number of pyridine rings is 1. The van der Waals surface area contributed by atoms with Crippen molar-refractivity contribution in [2.24, 2.45) is 4.99 Å². The lowest BCUT2D eigenvalue weighted by molar-refractivity contribution is 0.374. The number of fused-ring (bicyclic) bond motifs is 1. The molecule has 176 valence electrons. The van der Waals surface area contributed by atoms with Crippen LogP contribution in [-0.4, -0.2) is 34.8 Å². The molecule has 0 amide bonds. The zero-order chi connectivity index (χ0) is 24.2. The van der Waals surface area contributed by atoms with E-state index in [2.05, 4.69) is 28.5 Å². The summed E-state index contributed by atoms with van der Waals surface area (Å²) in [6.07, 6.45) is 7.24. The van der Waals surface area contributed by atoms with Gasteiger partial charge in [-0.1, -0.05) is 25.3 Å². The van der Waals surface area contributed by atoms with Crippen LogP contribution in [0.15, 0.2) is 66.5 Å². The van der Waals surface area contributed by atoms with Crippen LogP contribution in [0.2, 0.25) is 0 Å². The van der Waals surface area contributed by atoms with Gasteiger partial charge in [-0.3, -0.25) is 4.98 Å². The number of hydrogen-bond acceptors (Lipinski definition) is 6. The zero-order valence-corrected chi connectivity index (χ0v) is 19.6. The Morgan fingerprint density at radius 1 is 1.32 bits per heavy atom. The van der Waals surface area contributed by atoms with Crippen molar-refractivity contribution < 1.29 is 13.9 Å². The second kappa shape index (κ2) is 9.91. The predicted octanol–water partition coefficient (Wildman–Crippen LogP) is 4.68. The van der Waals surface area contributed by atoms with Gasteiger partial charge in [0.1, 0.15) is 22.4 Å². The normalized spacial score (nSPS) is 16.6. The number of halogens is 1.